The molecule has 0 unspecified atom stereocenters. The Morgan fingerprint density at radius 3 is 2.27 bits per heavy atom. The minimum atomic E-state index is -0.110. The Morgan fingerprint density at radius 2 is 1.73 bits per heavy atom. The average Bonchev–Trinajstić information content (AvgIpc) is 2.77. The van der Waals surface area contributed by atoms with E-state index in [2.05, 4.69) is 6.58 Å². The molecule has 22 heavy (non-hydrogen) atoms. The predicted octanol–water partition coefficient (Wildman–Crippen LogP) is 0.580. The number of aliphatic hydroxyl groups is 2. The van der Waals surface area contributed by atoms with Gasteiger partial charge in [0.2, 0.25) is 0 Å². The van der Waals surface area contributed by atoms with Crippen molar-refractivity contribution in [3.63, 3.8) is 0 Å². The first-order valence-corrected chi connectivity index (χ1v) is 7.40. The molecule has 2 aromatic rings. The van der Waals surface area contributed by atoms with E-state index in [0.717, 1.165) is 11.0 Å². The van der Waals surface area contributed by atoms with Gasteiger partial charge in [-0.15, -0.1) is 0 Å². The summed E-state index contributed by atoms with van der Waals surface area (Å²) < 4.78 is 3.32. The Bertz CT molecular complexity index is 696. The zero-order valence-corrected chi connectivity index (χ0v) is 12.9. The van der Waals surface area contributed by atoms with Crippen LogP contribution in [0.2, 0.25) is 0 Å². The Balaban J connectivity index is 2.33. The number of hydrogen-bond donors (Lipinski definition) is 2. The molecule has 0 fully saturated rings. The van der Waals surface area contributed by atoms with E-state index >= 15 is 0 Å². The monoisotopic (exact) mass is 305 g/mol. The molecule has 2 N–H and O–H groups in total. The van der Waals surface area contributed by atoms with Gasteiger partial charge in [0, 0.05) is 31.9 Å². The van der Waals surface area contributed by atoms with E-state index in [1.165, 1.54) is 0 Å². The predicted molar refractivity (Wildman–Crippen MR) is 87.8 cm³/mol. The molecule has 6 heteroatoms. The highest BCUT2D eigenvalue weighted by atomic mass is 16.3. The number of para-hydroxylation sites is 2. The standard InChI is InChI=1S/C16H23N3O3/c1-13(2)19-15-6-4-3-5-14(15)18(16(19)22)8-7-17(9-11-20)10-12-21/h3-6,20-21H,1,7-12H2,2H3. The number of aromatic nitrogens is 2. The first-order chi connectivity index (χ1) is 10.6. The van der Waals surface area contributed by atoms with Crippen LogP contribution in [-0.2, 0) is 6.54 Å². The molecule has 120 valence electrons. The van der Waals surface area contributed by atoms with Crippen molar-refractivity contribution in [2.75, 3.05) is 32.8 Å². The summed E-state index contributed by atoms with van der Waals surface area (Å²) in [7, 11) is 0. The Labute approximate surface area is 129 Å². The van der Waals surface area contributed by atoms with Crippen molar-refractivity contribution in [2.45, 2.75) is 13.5 Å². The Morgan fingerprint density at radius 1 is 1.14 bits per heavy atom. The summed E-state index contributed by atoms with van der Waals surface area (Å²) >= 11 is 0. The molecule has 1 heterocycles. The lowest BCUT2D eigenvalue weighted by molar-refractivity contribution is 0.157. The molecule has 1 aromatic heterocycles. The van der Waals surface area contributed by atoms with Crippen LogP contribution in [0.1, 0.15) is 6.92 Å². The van der Waals surface area contributed by atoms with Crippen LogP contribution in [0.5, 0.6) is 0 Å². The Hall–Kier alpha value is -1.89. The lowest BCUT2D eigenvalue weighted by Crippen LogP contribution is -2.35. The molecule has 0 bridgehead atoms. The summed E-state index contributed by atoms with van der Waals surface area (Å²) in [6.45, 7) is 7.79. The zero-order chi connectivity index (χ0) is 16.1. The van der Waals surface area contributed by atoms with Gasteiger partial charge in [-0.25, -0.2) is 4.79 Å². The van der Waals surface area contributed by atoms with Crippen LogP contribution in [0.25, 0.3) is 16.7 Å². The van der Waals surface area contributed by atoms with Gasteiger partial charge in [-0.3, -0.25) is 14.0 Å². The van der Waals surface area contributed by atoms with E-state index in [-0.39, 0.29) is 18.9 Å². The number of benzene rings is 1. The van der Waals surface area contributed by atoms with Crippen LogP contribution in [0.3, 0.4) is 0 Å². The maximum absolute atomic E-state index is 12.6. The second-order valence-electron chi connectivity index (χ2n) is 5.28. The normalized spacial score (nSPS) is 11.5. The number of nitrogens with zero attached hydrogens (tertiary/aromatic N) is 3. The topological polar surface area (TPSA) is 70.6 Å². The van der Waals surface area contributed by atoms with Crippen molar-refractivity contribution < 1.29 is 10.2 Å². The number of aliphatic hydroxyl groups excluding tert-OH is 2. The van der Waals surface area contributed by atoms with Gasteiger partial charge < -0.3 is 10.2 Å². The summed E-state index contributed by atoms with van der Waals surface area (Å²) in [5, 5.41) is 18.1. The van der Waals surface area contributed by atoms with Crippen LogP contribution < -0.4 is 5.69 Å². The lowest BCUT2D eigenvalue weighted by Gasteiger charge is -2.20. The van der Waals surface area contributed by atoms with Gasteiger partial charge in [-0.2, -0.15) is 0 Å². The van der Waals surface area contributed by atoms with Crippen molar-refractivity contribution in [1.82, 2.24) is 14.0 Å². The van der Waals surface area contributed by atoms with Crippen molar-refractivity contribution >= 4 is 16.7 Å². The average molecular weight is 305 g/mol. The maximum Gasteiger partial charge on any atom is 0.333 e. The quantitative estimate of drug-likeness (QED) is 0.748. The summed E-state index contributed by atoms with van der Waals surface area (Å²) in [6, 6.07) is 7.62. The van der Waals surface area contributed by atoms with Crippen molar-refractivity contribution in [3.05, 3.63) is 41.3 Å². The van der Waals surface area contributed by atoms with Crippen LogP contribution in [0.4, 0.5) is 0 Å². The highest BCUT2D eigenvalue weighted by molar-refractivity contribution is 5.79. The largest absolute Gasteiger partial charge is 0.395 e. The molecule has 0 saturated carbocycles. The van der Waals surface area contributed by atoms with Crippen molar-refractivity contribution in [1.29, 1.82) is 0 Å². The SMILES string of the molecule is C=C(C)n1c(=O)n(CCN(CCO)CCO)c2ccccc21. The van der Waals surface area contributed by atoms with E-state index in [0.29, 0.717) is 31.9 Å². The molecular weight excluding hydrogens is 282 g/mol. The van der Waals surface area contributed by atoms with E-state index in [1.807, 2.05) is 36.1 Å². The summed E-state index contributed by atoms with van der Waals surface area (Å²) in [5.74, 6) is 0. The third-order valence-corrected chi connectivity index (χ3v) is 3.69. The van der Waals surface area contributed by atoms with E-state index in [1.54, 1.807) is 9.13 Å². The molecule has 0 saturated heterocycles. The van der Waals surface area contributed by atoms with Crippen molar-refractivity contribution in [3.8, 4) is 0 Å². The highest BCUT2D eigenvalue weighted by Gasteiger charge is 2.14. The summed E-state index contributed by atoms with van der Waals surface area (Å²) in [5.41, 5.74) is 2.28. The molecule has 2 rings (SSSR count). The first kappa shape index (κ1) is 16.5. The fraction of sp³-hybridized carbons (Fsp3) is 0.438. The van der Waals surface area contributed by atoms with Crippen LogP contribution in [0.15, 0.2) is 35.6 Å². The lowest BCUT2D eigenvalue weighted by atomic mass is 10.3. The molecule has 0 atom stereocenters. The maximum atomic E-state index is 12.6. The number of allylic oxidation sites excluding steroid dienone is 1. The van der Waals surface area contributed by atoms with E-state index < -0.39 is 0 Å². The van der Waals surface area contributed by atoms with Gasteiger partial charge in [0.1, 0.15) is 0 Å². The van der Waals surface area contributed by atoms with Crippen LogP contribution in [-0.4, -0.2) is 57.1 Å². The third-order valence-electron chi connectivity index (χ3n) is 3.69. The van der Waals surface area contributed by atoms with Crippen LogP contribution in [0, 0.1) is 0 Å². The number of rotatable bonds is 8. The molecule has 6 nitrogen and oxygen atoms in total. The minimum absolute atomic E-state index is 0.0302. The molecule has 0 radical (unpaired) electrons. The second-order valence-corrected chi connectivity index (χ2v) is 5.28. The van der Waals surface area contributed by atoms with E-state index in [9.17, 15) is 4.79 Å². The number of hydrogen-bond acceptors (Lipinski definition) is 4. The number of imidazole rings is 1. The third kappa shape index (κ3) is 3.30. The van der Waals surface area contributed by atoms with Gasteiger partial charge in [0.25, 0.3) is 0 Å². The van der Waals surface area contributed by atoms with Gasteiger partial charge in [0.05, 0.1) is 24.2 Å². The molecule has 0 amide bonds. The van der Waals surface area contributed by atoms with Gasteiger partial charge in [-0.1, -0.05) is 18.7 Å². The highest BCUT2D eigenvalue weighted by Crippen LogP contribution is 2.15. The van der Waals surface area contributed by atoms with Crippen molar-refractivity contribution in [2.24, 2.45) is 0 Å². The first-order valence-electron chi connectivity index (χ1n) is 7.40. The molecular formula is C16H23N3O3. The fourth-order valence-corrected chi connectivity index (χ4v) is 2.65. The molecule has 0 aliphatic heterocycles. The second kappa shape index (κ2) is 7.40. The fourth-order valence-electron chi connectivity index (χ4n) is 2.65. The zero-order valence-electron chi connectivity index (χ0n) is 12.9. The minimum Gasteiger partial charge on any atom is -0.395 e. The summed E-state index contributed by atoms with van der Waals surface area (Å²) in [6.07, 6.45) is 0. The van der Waals surface area contributed by atoms with Gasteiger partial charge in [-0.05, 0) is 19.1 Å². The van der Waals surface area contributed by atoms with Gasteiger partial charge >= 0.3 is 5.69 Å². The molecule has 0 aliphatic rings. The van der Waals surface area contributed by atoms with Gasteiger partial charge in [0.15, 0.2) is 0 Å². The van der Waals surface area contributed by atoms with Crippen LogP contribution >= 0.6 is 0 Å². The number of fused-ring (bicyclic) bond motifs is 1. The summed E-state index contributed by atoms with van der Waals surface area (Å²) in [4.78, 5) is 14.5. The molecule has 1 aromatic carbocycles. The Kier molecular flexibility index (Phi) is 5.54. The molecule has 0 spiro atoms. The van der Waals surface area contributed by atoms with E-state index in [4.69, 9.17) is 10.2 Å². The molecule has 0 aliphatic carbocycles. The smallest absolute Gasteiger partial charge is 0.333 e.